The molecule has 1 rings (SSSR count). The van der Waals surface area contributed by atoms with E-state index in [1.165, 1.54) is 11.1 Å². The smallest absolute Gasteiger partial charge is 0.125 e. The first kappa shape index (κ1) is 16.0. The summed E-state index contributed by atoms with van der Waals surface area (Å²) in [6.45, 7) is 11.7. The summed E-state index contributed by atoms with van der Waals surface area (Å²) >= 11 is 0. The molecule has 0 aromatic heterocycles. The minimum absolute atomic E-state index is 0.215. The third-order valence-electron chi connectivity index (χ3n) is 3.40. The van der Waals surface area contributed by atoms with Gasteiger partial charge < -0.3 is 10.5 Å². The summed E-state index contributed by atoms with van der Waals surface area (Å²) in [7, 11) is 0. The van der Waals surface area contributed by atoms with Crippen LogP contribution in [0.4, 0.5) is 0 Å². The molecule has 0 spiro atoms. The molecule has 2 N–H and O–H groups in total. The summed E-state index contributed by atoms with van der Waals surface area (Å²) in [5.41, 5.74) is 8.82. The Balaban J connectivity index is 2.74. The SMILES string of the molecule is CCC(N)Cc1cccc(C)c1OCCC(C)(C)C. The van der Waals surface area contributed by atoms with Crippen molar-refractivity contribution in [1.29, 1.82) is 0 Å². The molecule has 0 fully saturated rings. The largest absolute Gasteiger partial charge is 0.493 e. The van der Waals surface area contributed by atoms with Gasteiger partial charge in [0.05, 0.1) is 6.61 Å². The lowest BCUT2D eigenvalue weighted by Gasteiger charge is -2.21. The van der Waals surface area contributed by atoms with Gasteiger partial charge in [0.1, 0.15) is 5.75 Å². The first-order valence-electron chi connectivity index (χ1n) is 7.30. The van der Waals surface area contributed by atoms with Gasteiger partial charge in [-0.1, -0.05) is 45.9 Å². The van der Waals surface area contributed by atoms with E-state index in [4.69, 9.17) is 10.5 Å². The predicted molar refractivity (Wildman–Crippen MR) is 82.7 cm³/mol. The van der Waals surface area contributed by atoms with Crippen LogP contribution in [0.25, 0.3) is 0 Å². The van der Waals surface area contributed by atoms with Gasteiger partial charge in [0.15, 0.2) is 0 Å². The second-order valence-corrected chi connectivity index (χ2v) is 6.59. The fourth-order valence-corrected chi connectivity index (χ4v) is 1.97. The van der Waals surface area contributed by atoms with Gasteiger partial charge in [-0.2, -0.15) is 0 Å². The Morgan fingerprint density at radius 1 is 1.26 bits per heavy atom. The van der Waals surface area contributed by atoms with Crippen molar-refractivity contribution in [2.75, 3.05) is 6.61 Å². The third-order valence-corrected chi connectivity index (χ3v) is 3.40. The van der Waals surface area contributed by atoms with E-state index in [1.807, 2.05) is 0 Å². The number of hydrogen-bond acceptors (Lipinski definition) is 2. The maximum absolute atomic E-state index is 6.07. The van der Waals surface area contributed by atoms with Crippen molar-refractivity contribution >= 4 is 0 Å². The molecule has 19 heavy (non-hydrogen) atoms. The zero-order chi connectivity index (χ0) is 14.5. The molecule has 0 radical (unpaired) electrons. The monoisotopic (exact) mass is 263 g/mol. The Hall–Kier alpha value is -1.02. The molecule has 0 bridgehead atoms. The zero-order valence-electron chi connectivity index (χ0n) is 13.1. The molecule has 2 nitrogen and oxygen atoms in total. The summed E-state index contributed by atoms with van der Waals surface area (Å²) in [5, 5.41) is 0. The van der Waals surface area contributed by atoms with Gasteiger partial charge in [0.2, 0.25) is 0 Å². The number of ether oxygens (including phenoxy) is 1. The molecule has 0 amide bonds. The van der Waals surface area contributed by atoms with Gasteiger partial charge >= 0.3 is 0 Å². The van der Waals surface area contributed by atoms with Crippen LogP contribution in [0.3, 0.4) is 0 Å². The number of aryl methyl sites for hydroxylation is 1. The standard InChI is InChI=1S/C17H29NO/c1-6-15(18)12-14-9-7-8-13(2)16(14)19-11-10-17(3,4)5/h7-9,15H,6,10-12,18H2,1-5H3. The molecule has 1 aromatic rings. The Kier molecular flexibility index (Phi) is 5.86. The van der Waals surface area contributed by atoms with Gasteiger partial charge in [-0.15, -0.1) is 0 Å². The topological polar surface area (TPSA) is 35.2 Å². The molecule has 1 atom stereocenters. The average molecular weight is 263 g/mol. The quantitative estimate of drug-likeness (QED) is 0.839. The van der Waals surface area contributed by atoms with Crippen molar-refractivity contribution in [2.24, 2.45) is 11.1 Å². The van der Waals surface area contributed by atoms with E-state index in [2.05, 4.69) is 52.8 Å². The number of para-hydroxylation sites is 1. The fourth-order valence-electron chi connectivity index (χ4n) is 1.97. The van der Waals surface area contributed by atoms with Crippen molar-refractivity contribution < 1.29 is 4.74 Å². The lowest BCUT2D eigenvalue weighted by Crippen LogP contribution is -2.22. The maximum atomic E-state index is 6.07. The van der Waals surface area contributed by atoms with Crippen LogP contribution in [0.5, 0.6) is 5.75 Å². The summed E-state index contributed by atoms with van der Waals surface area (Å²) in [4.78, 5) is 0. The third kappa shape index (κ3) is 5.65. The highest BCUT2D eigenvalue weighted by molar-refractivity contribution is 5.41. The van der Waals surface area contributed by atoms with E-state index < -0.39 is 0 Å². The molecule has 108 valence electrons. The minimum Gasteiger partial charge on any atom is -0.493 e. The average Bonchev–Trinajstić information content (AvgIpc) is 2.31. The van der Waals surface area contributed by atoms with Crippen LogP contribution >= 0.6 is 0 Å². The fraction of sp³-hybridized carbons (Fsp3) is 0.647. The summed E-state index contributed by atoms with van der Waals surface area (Å²) in [6.07, 6.45) is 2.94. The highest BCUT2D eigenvalue weighted by Crippen LogP contribution is 2.26. The molecule has 0 aliphatic heterocycles. The van der Waals surface area contributed by atoms with E-state index >= 15 is 0 Å². The number of nitrogens with two attached hydrogens (primary N) is 1. The van der Waals surface area contributed by atoms with Crippen molar-refractivity contribution in [3.8, 4) is 5.75 Å². The molecule has 1 aromatic carbocycles. The Labute approximate surface area is 118 Å². The molecule has 0 saturated heterocycles. The van der Waals surface area contributed by atoms with Crippen LogP contribution in [0.2, 0.25) is 0 Å². The van der Waals surface area contributed by atoms with E-state index in [0.29, 0.717) is 5.41 Å². The van der Waals surface area contributed by atoms with E-state index in [1.54, 1.807) is 0 Å². The second-order valence-electron chi connectivity index (χ2n) is 6.59. The van der Waals surface area contributed by atoms with Gasteiger partial charge in [-0.25, -0.2) is 0 Å². The summed E-state index contributed by atoms with van der Waals surface area (Å²) < 4.78 is 6.03. The maximum Gasteiger partial charge on any atom is 0.125 e. The minimum atomic E-state index is 0.215. The van der Waals surface area contributed by atoms with Gasteiger partial charge in [-0.05, 0) is 42.7 Å². The van der Waals surface area contributed by atoms with Gasteiger partial charge in [0, 0.05) is 6.04 Å². The molecule has 0 aliphatic carbocycles. The number of benzene rings is 1. The first-order valence-corrected chi connectivity index (χ1v) is 7.30. The van der Waals surface area contributed by atoms with Gasteiger partial charge in [0.25, 0.3) is 0 Å². The van der Waals surface area contributed by atoms with Crippen LogP contribution in [-0.4, -0.2) is 12.6 Å². The molecular weight excluding hydrogens is 234 g/mol. The molecule has 0 aliphatic rings. The van der Waals surface area contributed by atoms with Crippen LogP contribution in [0, 0.1) is 12.3 Å². The Bertz CT molecular complexity index is 393. The second kappa shape index (κ2) is 6.95. The highest BCUT2D eigenvalue weighted by Gasteiger charge is 2.13. The summed E-state index contributed by atoms with van der Waals surface area (Å²) in [5.74, 6) is 1.04. The van der Waals surface area contributed by atoms with Crippen LogP contribution in [-0.2, 0) is 6.42 Å². The molecular formula is C17H29NO. The van der Waals surface area contributed by atoms with Crippen LogP contribution in [0.1, 0.15) is 51.7 Å². The molecule has 0 heterocycles. The molecule has 2 heteroatoms. The molecule has 0 saturated carbocycles. The van der Waals surface area contributed by atoms with Crippen molar-refractivity contribution in [3.63, 3.8) is 0 Å². The Morgan fingerprint density at radius 3 is 2.53 bits per heavy atom. The van der Waals surface area contributed by atoms with Crippen LogP contribution < -0.4 is 10.5 Å². The van der Waals surface area contributed by atoms with E-state index in [9.17, 15) is 0 Å². The number of hydrogen-bond donors (Lipinski definition) is 1. The zero-order valence-corrected chi connectivity index (χ0v) is 13.1. The van der Waals surface area contributed by atoms with Crippen LogP contribution in [0.15, 0.2) is 18.2 Å². The first-order chi connectivity index (χ1) is 8.83. The lowest BCUT2D eigenvalue weighted by atomic mass is 9.93. The normalized spacial score (nSPS) is 13.4. The van der Waals surface area contributed by atoms with Crippen molar-refractivity contribution in [3.05, 3.63) is 29.3 Å². The van der Waals surface area contributed by atoms with Crippen molar-refractivity contribution in [1.82, 2.24) is 0 Å². The van der Waals surface area contributed by atoms with E-state index in [0.717, 1.165) is 31.6 Å². The number of rotatable bonds is 6. The lowest BCUT2D eigenvalue weighted by molar-refractivity contribution is 0.240. The summed E-state index contributed by atoms with van der Waals surface area (Å²) in [6, 6.07) is 6.54. The van der Waals surface area contributed by atoms with E-state index in [-0.39, 0.29) is 6.04 Å². The van der Waals surface area contributed by atoms with Crippen molar-refractivity contribution in [2.45, 2.75) is 59.9 Å². The predicted octanol–water partition coefficient (Wildman–Crippen LogP) is 4.09. The highest BCUT2D eigenvalue weighted by atomic mass is 16.5. The Morgan fingerprint density at radius 2 is 1.95 bits per heavy atom. The van der Waals surface area contributed by atoms with Gasteiger partial charge in [-0.3, -0.25) is 0 Å². The molecule has 1 unspecified atom stereocenters.